The summed E-state index contributed by atoms with van der Waals surface area (Å²) in [4.78, 5) is 11.6. The highest BCUT2D eigenvalue weighted by atomic mass is 15.2. The van der Waals surface area contributed by atoms with Crippen molar-refractivity contribution < 1.29 is 0 Å². The van der Waals surface area contributed by atoms with E-state index in [1.165, 1.54) is 35.1 Å². The van der Waals surface area contributed by atoms with E-state index in [0.717, 1.165) is 48.5 Å². The van der Waals surface area contributed by atoms with Crippen LogP contribution in [0.15, 0.2) is 36.4 Å². The van der Waals surface area contributed by atoms with Crippen LogP contribution in [0.2, 0.25) is 0 Å². The minimum Gasteiger partial charge on any atom is -0.362 e. The minimum atomic E-state index is 0.436. The third-order valence-electron chi connectivity index (χ3n) is 6.72. The largest absolute Gasteiger partial charge is 0.362 e. The standard InChI is InChI=1S/C27H37N5/c1-18-16-19(2)23(20(3)17-18)14-15-28-21-10-12-22(13-11-21)29-27-30-25-9-7-6-8-24(25)26(31-27)32(4)5/h6-9,16-17,21-22,28H,10-15H2,1-5H3,(H,29,30,31)/t21-,22+. The predicted octanol–water partition coefficient (Wildman–Crippen LogP) is 5.18. The molecule has 0 bridgehead atoms. The first kappa shape index (κ1) is 22.5. The second-order valence-electron chi connectivity index (χ2n) is 9.56. The summed E-state index contributed by atoms with van der Waals surface area (Å²) in [7, 11) is 4.07. The van der Waals surface area contributed by atoms with E-state index in [1.807, 2.05) is 26.2 Å². The van der Waals surface area contributed by atoms with Crippen molar-refractivity contribution in [1.82, 2.24) is 15.3 Å². The molecule has 1 fully saturated rings. The van der Waals surface area contributed by atoms with Crippen LogP contribution >= 0.6 is 0 Å². The van der Waals surface area contributed by atoms with E-state index in [2.05, 4.69) is 60.6 Å². The molecule has 0 spiro atoms. The summed E-state index contributed by atoms with van der Waals surface area (Å²) in [5.74, 6) is 1.71. The van der Waals surface area contributed by atoms with Gasteiger partial charge in [-0.3, -0.25) is 0 Å². The van der Waals surface area contributed by atoms with Gasteiger partial charge in [0.1, 0.15) is 5.82 Å². The molecule has 0 radical (unpaired) electrons. The van der Waals surface area contributed by atoms with Gasteiger partial charge < -0.3 is 15.5 Å². The fourth-order valence-corrected chi connectivity index (χ4v) is 5.10. The third-order valence-corrected chi connectivity index (χ3v) is 6.72. The maximum Gasteiger partial charge on any atom is 0.225 e. The van der Waals surface area contributed by atoms with Crippen molar-refractivity contribution in [2.24, 2.45) is 0 Å². The maximum atomic E-state index is 4.81. The van der Waals surface area contributed by atoms with Gasteiger partial charge in [0, 0.05) is 31.6 Å². The molecule has 4 rings (SSSR count). The molecule has 5 nitrogen and oxygen atoms in total. The molecule has 0 aliphatic heterocycles. The van der Waals surface area contributed by atoms with Crippen LogP contribution in [0.3, 0.4) is 0 Å². The molecule has 1 aromatic heterocycles. The predicted molar refractivity (Wildman–Crippen MR) is 136 cm³/mol. The maximum absolute atomic E-state index is 4.81. The molecule has 1 heterocycles. The van der Waals surface area contributed by atoms with Crippen molar-refractivity contribution in [2.45, 2.75) is 65.0 Å². The van der Waals surface area contributed by atoms with Gasteiger partial charge in [-0.15, -0.1) is 0 Å². The lowest BCUT2D eigenvalue weighted by Crippen LogP contribution is -2.38. The zero-order valence-corrected chi connectivity index (χ0v) is 20.2. The van der Waals surface area contributed by atoms with Crippen LogP contribution < -0.4 is 15.5 Å². The molecule has 1 saturated carbocycles. The second kappa shape index (κ2) is 9.86. The van der Waals surface area contributed by atoms with E-state index >= 15 is 0 Å². The zero-order chi connectivity index (χ0) is 22.7. The van der Waals surface area contributed by atoms with Crippen molar-refractivity contribution in [1.29, 1.82) is 0 Å². The lowest BCUT2D eigenvalue weighted by Gasteiger charge is -2.30. The number of fused-ring (bicyclic) bond motifs is 1. The molecule has 2 N–H and O–H groups in total. The normalized spacial score (nSPS) is 18.7. The lowest BCUT2D eigenvalue weighted by molar-refractivity contribution is 0.355. The van der Waals surface area contributed by atoms with Crippen molar-refractivity contribution in [3.05, 3.63) is 58.7 Å². The summed E-state index contributed by atoms with van der Waals surface area (Å²) in [6.07, 6.45) is 5.78. The van der Waals surface area contributed by atoms with E-state index in [9.17, 15) is 0 Å². The Kier molecular flexibility index (Phi) is 6.95. The van der Waals surface area contributed by atoms with Gasteiger partial charge in [0.2, 0.25) is 5.95 Å². The highest BCUT2D eigenvalue weighted by Gasteiger charge is 2.22. The van der Waals surface area contributed by atoms with Crippen LogP contribution in [-0.4, -0.2) is 42.7 Å². The first-order valence-corrected chi connectivity index (χ1v) is 11.9. The first-order valence-electron chi connectivity index (χ1n) is 11.9. The van der Waals surface area contributed by atoms with E-state index in [4.69, 9.17) is 9.97 Å². The van der Waals surface area contributed by atoms with Gasteiger partial charge in [0.25, 0.3) is 0 Å². The lowest BCUT2D eigenvalue weighted by atomic mass is 9.91. The van der Waals surface area contributed by atoms with Crippen molar-refractivity contribution >= 4 is 22.7 Å². The molecule has 0 amide bonds. The Bertz CT molecular complexity index is 1040. The van der Waals surface area contributed by atoms with Crippen molar-refractivity contribution in [2.75, 3.05) is 30.9 Å². The van der Waals surface area contributed by atoms with Crippen LogP contribution in [0, 0.1) is 20.8 Å². The average molecular weight is 432 g/mol. The summed E-state index contributed by atoms with van der Waals surface area (Å²) in [6, 6.07) is 13.9. The Balaban J connectivity index is 1.30. The number of aryl methyl sites for hydroxylation is 3. The topological polar surface area (TPSA) is 53.1 Å². The smallest absolute Gasteiger partial charge is 0.225 e. The van der Waals surface area contributed by atoms with E-state index in [1.54, 1.807) is 0 Å². The molecule has 170 valence electrons. The van der Waals surface area contributed by atoms with Crippen LogP contribution in [0.1, 0.15) is 47.9 Å². The fraction of sp³-hybridized carbons (Fsp3) is 0.481. The number of para-hydroxylation sites is 1. The summed E-state index contributed by atoms with van der Waals surface area (Å²) < 4.78 is 0. The molecule has 2 aromatic carbocycles. The SMILES string of the molecule is Cc1cc(C)c(CCN[C@H]2CC[C@@H](Nc3nc(N(C)C)c4ccccc4n3)CC2)c(C)c1. The van der Waals surface area contributed by atoms with Crippen LogP contribution in [0.4, 0.5) is 11.8 Å². The monoisotopic (exact) mass is 431 g/mol. The van der Waals surface area contributed by atoms with Crippen LogP contribution in [0.5, 0.6) is 0 Å². The highest BCUT2D eigenvalue weighted by Crippen LogP contribution is 2.26. The number of nitrogens with zero attached hydrogens (tertiary/aromatic N) is 3. The molecule has 0 unspecified atom stereocenters. The molecule has 0 atom stereocenters. The van der Waals surface area contributed by atoms with Gasteiger partial charge in [-0.05, 0) is 88.2 Å². The molecule has 0 saturated heterocycles. The summed E-state index contributed by atoms with van der Waals surface area (Å²) >= 11 is 0. The first-order chi connectivity index (χ1) is 15.4. The molecule has 1 aliphatic carbocycles. The molecule has 32 heavy (non-hydrogen) atoms. The van der Waals surface area contributed by atoms with Gasteiger partial charge in [-0.25, -0.2) is 4.98 Å². The van der Waals surface area contributed by atoms with Crippen LogP contribution in [0.25, 0.3) is 10.9 Å². The number of hydrogen-bond acceptors (Lipinski definition) is 5. The Labute approximate surface area is 192 Å². The Morgan fingerprint density at radius 2 is 1.56 bits per heavy atom. The molecule has 1 aliphatic rings. The number of anilines is 2. The number of hydrogen-bond donors (Lipinski definition) is 2. The number of aromatic nitrogens is 2. The average Bonchev–Trinajstić information content (AvgIpc) is 2.76. The van der Waals surface area contributed by atoms with Gasteiger partial charge >= 0.3 is 0 Å². The summed E-state index contributed by atoms with van der Waals surface area (Å²) in [6.45, 7) is 7.71. The molecular formula is C27H37N5. The summed E-state index contributed by atoms with van der Waals surface area (Å²) in [5, 5.41) is 8.51. The third kappa shape index (κ3) is 5.21. The van der Waals surface area contributed by atoms with Gasteiger partial charge in [0.05, 0.1) is 5.52 Å². The number of nitrogens with one attached hydrogen (secondary N) is 2. The molecule has 3 aromatic rings. The highest BCUT2D eigenvalue weighted by molar-refractivity contribution is 5.90. The molecule has 5 heteroatoms. The number of rotatable bonds is 7. The Hall–Kier alpha value is -2.66. The van der Waals surface area contributed by atoms with Gasteiger partial charge in [-0.2, -0.15) is 4.98 Å². The van der Waals surface area contributed by atoms with E-state index in [-0.39, 0.29) is 0 Å². The minimum absolute atomic E-state index is 0.436. The second-order valence-corrected chi connectivity index (χ2v) is 9.56. The summed E-state index contributed by atoms with van der Waals surface area (Å²) in [5.41, 5.74) is 6.69. The zero-order valence-electron chi connectivity index (χ0n) is 20.2. The van der Waals surface area contributed by atoms with Crippen molar-refractivity contribution in [3.63, 3.8) is 0 Å². The fourth-order valence-electron chi connectivity index (χ4n) is 5.10. The quantitative estimate of drug-likeness (QED) is 0.540. The van der Waals surface area contributed by atoms with Crippen LogP contribution in [-0.2, 0) is 6.42 Å². The van der Waals surface area contributed by atoms with E-state index in [0.29, 0.717) is 12.1 Å². The Morgan fingerprint density at radius 1 is 0.906 bits per heavy atom. The van der Waals surface area contributed by atoms with Gasteiger partial charge in [0.15, 0.2) is 0 Å². The van der Waals surface area contributed by atoms with Crippen molar-refractivity contribution in [3.8, 4) is 0 Å². The van der Waals surface area contributed by atoms with Gasteiger partial charge in [-0.1, -0.05) is 29.8 Å². The number of benzene rings is 2. The van der Waals surface area contributed by atoms with E-state index < -0.39 is 0 Å². The molecular weight excluding hydrogens is 394 g/mol. The Morgan fingerprint density at radius 3 is 2.25 bits per heavy atom.